The van der Waals surface area contributed by atoms with Crippen LogP contribution in [0.15, 0.2) is 42.5 Å². The molecule has 33 heavy (non-hydrogen) atoms. The summed E-state index contributed by atoms with van der Waals surface area (Å²) < 4.78 is 5.72. The lowest BCUT2D eigenvalue weighted by Crippen LogP contribution is -2.16. The van der Waals surface area contributed by atoms with Gasteiger partial charge in [-0.25, -0.2) is 9.78 Å². The van der Waals surface area contributed by atoms with Crippen LogP contribution >= 0.6 is 34.3 Å². The predicted molar refractivity (Wildman–Crippen MR) is 135 cm³/mol. The van der Waals surface area contributed by atoms with Crippen molar-refractivity contribution in [2.24, 2.45) is 5.92 Å². The quantitative estimate of drug-likeness (QED) is 0.314. The second-order valence-corrected chi connectivity index (χ2v) is 11.0. The van der Waals surface area contributed by atoms with Crippen molar-refractivity contribution in [1.82, 2.24) is 4.98 Å². The molecule has 4 aromatic rings. The summed E-state index contributed by atoms with van der Waals surface area (Å²) in [6.45, 7) is 2.21. The monoisotopic (exact) mass is 496 g/mol. The molecule has 0 saturated carbocycles. The number of methoxy groups -OCH3 is 1. The van der Waals surface area contributed by atoms with E-state index >= 15 is 0 Å². The van der Waals surface area contributed by atoms with E-state index in [1.54, 1.807) is 6.07 Å². The second-order valence-electron chi connectivity index (χ2n) is 8.18. The molecule has 5 nitrogen and oxygen atoms in total. The molecule has 0 radical (unpaired) electrons. The fourth-order valence-electron chi connectivity index (χ4n) is 4.27. The molecule has 5 rings (SSSR count). The third-order valence-electron chi connectivity index (χ3n) is 5.91. The molecule has 0 fully saturated rings. The van der Waals surface area contributed by atoms with E-state index in [0.717, 1.165) is 45.5 Å². The molecule has 3 aromatic heterocycles. The lowest BCUT2D eigenvalue weighted by molar-refractivity contribution is 0.0601. The highest BCUT2D eigenvalue weighted by molar-refractivity contribution is 7.19. The Kier molecular flexibility index (Phi) is 5.95. The average molecular weight is 497 g/mol. The van der Waals surface area contributed by atoms with Gasteiger partial charge < -0.3 is 10.1 Å². The number of ether oxygens (including phenoxy) is 1. The minimum absolute atomic E-state index is 0.283. The van der Waals surface area contributed by atoms with E-state index in [-0.39, 0.29) is 5.91 Å². The first-order chi connectivity index (χ1) is 15.9. The molecule has 168 valence electrons. The Bertz CT molecular complexity index is 1390. The van der Waals surface area contributed by atoms with E-state index in [0.29, 0.717) is 32.1 Å². The van der Waals surface area contributed by atoms with Gasteiger partial charge in [0.2, 0.25) is 0 Å². The van der Waals surface area contributed by atoms with E-state index in [1.807, 2.05) is 36.4 Å². The number of hydrogen-bond acceptors (Lipinski definition) is 6. The number of benzene rings is 1. The van der Waals surface area contributed by atoms with Gasteiger partial charge >= 0.3 is 5.97 Å². The van der Waals surface area contributed by atoms with Crippen LogP contribution in [-0.4, -0.2) is 24.0 Å². The number of thiophene rings is 2. The number of pyridine rings is 1. The van der Waals surface area contributed by atoms with Crippen LogP contribution in [0, 0.1) is 5.92 Å². The van der Waals surface area contributed by atoms with Gasteiger partial charge in [0.15, 0.2) is 0 Å². The summed E-state index contributed by atoms with van der Waals surface area (Å²) in [5, 5.41) is 4.31. The molecule has 0 saturated heterocycles. The fraction of sp³-hybridized carbons (Fsp3) is 0.240. The van der Waals surface area contributed by atoms with Crippen molar-refractivity contribution < 1.29 is 14.3 Å². The van der Waals surface area contributed by atoms with Crippen molar-refractivity contribution in [1.29, 1.82) is 0 Å². The van der Waals surface area contributed by atoms with E-state index in [4.69, 9.17) is 21.3 Å². The Morgan fingerprint density at radius 2 is 2.00 bits per heavy atom. The van der Waals surface area contributed by atoms with Gasteiger partial charge in [0.25, 0.3) is 5.91 Å². The summed E-state index contributed by atoms with van der Waals surface area (Å²) >= 11 is 9.02. The van der Waals surface area contributed by atoms with E-state index < -0.39 is 5.97 Å². The zero-order valence-electron chi connectivity index (χ0n) is 18.1. The smallest absolute Gasteiger partial charge is 0.341 e. The summed E-state index contributed by atoms with van der Waals surface area (Å²) in [4.78, 5) is 32.9. The molecule has 0 aliphatic heterocycles. The van der Waals surface area contributed by atoms with Crippen molar-refractivity contribution in [3.05, 3.63) is 68.4 Å². The van der Waals surface area contributed by atoms with Crippen molar-refractivity contribution in [2.75, 3.05) is 12.4 Å². The highest BCUT2D eigenvalue weighted by Gasteiger charge is 2.29. The Morgan fingerprint density at radius 3 is 2.76 bits per heavy atom. The number of nitrogens with zero attached hydrogens (tertiary/aromatic N) is 1. The zero-order valence-corrected chi connectivity index (χ0v) is 20.5. The van der Waals surface area contributed by atoms with Crippen LogP contribution in [0.5, 0.6) is 0 Å². The van der Waals surface area contributed by atoms with Crippen LogP contribution in [0.25, 0.3) is 21.5 Å². The molecule has 1 aliphatic carbocycles. The summed E-state index contributed by atoms with van der Waals surface area (Å²) in [7, 11) is 1.37. The van der Waals surface area contributed by atoms with Crippen molar-refractivity contribution >= 4 is 62.1 Å². The molecular weight excluding hydrogens is 476 g/mol. The van der Waals surface area contributed by atoms with Crippen LogP contribution in [0.2, 0.25) is 4.34 Å². The van der Waals surface area contributed by atoms with Crippen LogP contribution in [0.1, 0.15) is 44.5 Å². The molecule has 8 heteroatoms. The lowest BCUT2D eigenvalue weighted by atomic mass is 9.88. The van der Waals surface area contributed by atoms with E-state index in [1.165, 1.54) is 29.8 Å². The van der Waals surface area contributed by atoms with Gasteiger partial charge in [-0.05, 0) is 55.0 Å². The first-order valence-electron chi connectivity index (χ1n) is 10.6. The fourth-order valence-corrected chi connectivity index (χ4v) is 6.67. The Balaban J connectivity index is 1.58. The minimum Gasteiger partial charge on any atom is -0.465 e. The average Bonchev–Trinajstić information content (AvgIpc) is 3.40. The van der Waals surface area contributed by atoms with Gasteiger partial charge in [-0.1, -0.05) is 36.7 Å². The third kappa shape index (κ3) is 4.16. The highest BCUT2D eigenvalue weighted by Crippen LogP contribution is 2.40. The van der Waals surface area contributed by atoms with Crippen molar-refractivity contribution in [3.63, 3.8) is 0 Å². The molecule has 0 bridgehead atoms. The van der Waals surface area contributed by atoms with Gasteiger partial charge in [0.1, 0.15) is 5.00 Å². The van der Waals surface area contributed by atoms with Crippen LogP contribution in [0.4, 0.5) is 5.00 Å². The van der Waals surface area contributed by atoms with E-state index in [9.17, 15) is 9.59 Å². The number of carbonyl (C=O) groups is 2. The number of halogens is 1. The van der Waals surface area contributed by atoms with Gasteiger partial charge in [-0.15, -0.1) is 22.7 Å². The second kappa shape index (κ2) is 8.89. The number of fused-ring (bicyclic) bond motifs is 2. The molecular formula is C25H21ClN2O3S2. The first kappa shape index (κ1) is 22.1. The van der Waals surface area contributed by atoms with Crippen molar-refractivity contribution in [3.8, 4) is 10.6 Å². The molecule has 0 spiro atoms. The molecule has 3 heterocycles. The first-order valence-corrected chi connectivity index (χ1v) is 12.7. The number of amides is 1. The lowest BCUT2D eigenvalue weighted by Gasteiger charge is -2.18. The summed E-state index contributed by atoms with van der Waals surface area (Å²) in [5.41, 5.74) is 3.39. The number of esters is 1. The molecule has 1 atom stereocenters. The Labute approximate surface area is 204 Å². The van der Waals surface area contributed by atoms with E-state index in [2.05, 4.69) is 12.2 Å². The van der Waals surface area contributed by atoms with Gasteiger partial charge in [-0.3, -0.25) is 4.79 Å². The summed E-state index contributed by atoms with van der Waals surface area (Å²) in [6.07, 6.45) is 2.74. The Hall–Kier alpha value is -2.74. The van der Waals surface area contributed by atoms with Gasteiger partial charge in [0.05, 0.1) is 38.7 Å². The molecule has 1 aromatic carbocycles. The van der Waals surface area contributed by atoms with Gasteiger partial charge in [0, 0.05) is 10.3 Å². The Morgan fingerprint density at radius 1 is 1.18 bits per heavy atom. The standard InChI is InChI=1S/C25H21ClN2O3S2/c1-13-7-8-15-20(11-13)33-24(22(15)25(30)31-2)28-23(29)16-12-18(19-9-10-21(26)32-19)27-17-6-4-3-5-14(16)17/h3-6,9-10,12-13H,7-8,11H2,1-2H3,(H,28,29). The number of hydrogen-bond donors (Lipinski definition) is 1. The number of nitrogens with one attached hydrogen (secondary N) is 1. The molecule has 1 aliphatic rings. The van der Waals surface area contributed by atoms with Gasteiger partial charge in [-0.2, -0.15) is 0 Å². The van der Waals surface area contributed by atoms with Crippen LogP contribution in [-0.2, 0) is 17.6 Å². The maximum absolute atomic E-state index is 13.6. The third-order valence-corrected chi connectivity index (χ3v) is 8.34. The van der Waals surface area contributed by atoms with Crippen LogP contribution < -0.4 is 5.32 Å². The van der Waals surface area contributed by atoms with Crippen LogP contribution in [0.3, 0.4) is 0 Å². The largest absolute Gasteiger partial charge is 0.465 e. The SMILES string of the molecule is COC(=O)c1c(NC(=O)c2cc(-c3ccc(Cl)s3)nc3ccccc23)sc2c1CCC(C)C2. The number of carbonyl (C=O) groups excluding carboxylic acids is 2. The number of aromatic nitrogens is 1. The zero-order chi connectivity index (χ0) is 23.1. The topological polar surface area (TPSA) is 68.3 Å². The predicted octanol–water partition coefficient (Wildman–Crippen LogP) is 6.84. The maximum atomic E-state index is 13.6. The summed E-state index contributed by atoms with van der Waals surface area (Å²) in [6, 6.07) is 13.0. The number of para-hydroxylation sites is 1. The number of rotatable bonds is 4. The van der Waals surface area contributed by atoms with Crippen molar-refractivity contribution in [2.45, 2.75) is 26.2 Å². The number of anilines is 1. The highest BCUT2D eigenvalue weighted by atomic mass is 35.5. The molecule has 1 amide bonds. The normalized spacial score (nSPS) is 15.3. The summed E-state index contributed by atoms with van der Waals surface area (Å²) in [5.74, 6) is -0.144. The molecule has 1 unspecified atom stereocenters. The minimum atomic E-state index is -0.411. The molecule has 1 N–H and O–H groups in total. The maximum Gasteiger partial charge on any atom is 0.341 e.